The molecule has 0 amide bonds. The van der Waals surface area contributed by atoms with Crippen molar-refractivity contribution in [3.05, 3.63) is 29.8 Å². The summed E-state index contributed by atoms with van der Waals surface area (Å²) in [5, 5.41) is 0. The molecule has 0 aromatic heterocycles. The van der Waals surface area contributed by atoms with E-state index in [0.717, 1.165) is 12.1 Å². The molecule has 0 saturated carbocycles. The molecule has 0 radical (unpaired) electrons. The summed E-state index contributed by atoms with van der Waals surface area (Å²) >= 11 is 0. The van der Waals surface area contributed by atoms with Gasteiger partial charge in [0, 0.05) is 0 Å². The lowest BCUT2D eigenvalue weighted by atomic mass is 10.2. The Labute approximate surface area is 86.6 Å². The van der Waals surface area contributed by atoms with Crippen molar-refractivity contribution < 1.29 is 31.1 Å². The van der Waals surface area contributed by atoms with E-state index >= 15 is 0 Å². The number of alkyl halides is 6. The Hall–Kier alpha value is -1.40. The fourth-order valence-electron chi connectivity index (χ4n) is 0.986. The van der Waals surface area contributed by atoms with E-state index in [1.54, 1.807) is 0 Å². The van der Waals surface area contributed by atoms with Crippen LogP contribution in [-0.4, -0.2) is 12.8 Å². The number of benzene rings is 1. The van der Waals surface area contributed by atoms with E-state index < -0.39 is 30.3 Å². The first-order valence-corrected chi connectivity index (χ1v) is 4.06. The summed E-state index contributed by atoms with van der Waals surface area (Å²) < 4.78 is 76.3. The largest absolute Gasteiger partial charge is 0.483 e. The van der Waals surface area contributed by atoms with E-state index in [9.17, 15) is 26.3 Å². The molecule has 1 aromatic rings. The highest BCUT2D eigenvalue weighted by atomic mass is 19.4. The van der Waals surface area contributed by atoms with E-state index in [1.165, 1.54) is 6.07 Å². The summed E-state index contributed by atoms with van der Waals surface area (Å²) in [6, 6.07) is 3.74. The summed E-state index contributed by atoms with van der Waals surface area (Å²) in [6.45, 7) is -1.75. The molecular formula is C9H6F6O. The van der Waals surface area contributed by atoms with Crippen LogP contribution < -0.4 is 4.74 Å². The van der Waals surface area contributed by atoms with Crippen LogP contribution >= 0.6 is 0 Å². The Balaban J connectivity index is 2.88. The number of hydrogen-bond donors (Lipinski definition) is 0. The lowest BCUT2D eigenvalue weighted by Gasteiger charge is -2.14. The molecule has 1 nitrogen and oxygen atoms in total. The highest BCUT2D eigenvalue weighted by molar-refractivity contribution is 5.35. The summed E-state index contributed by atoms with van der Waals surface area (Å²) in [6.07, 6.45) is -9.40. The normalized spacial score (nSPS) is 12.6. The molecule has 0 bridgehead atoms. The Bertz CT molecular complexity index is 354. The van der Waals surface area contributed by atoms with E-state index in [2.05, 4.69) is 4.74 Å². The van der Waals surface area contributed by atoms with Crippen LogP contribution in [0.4, 0.5) is 26.3 Å². The molecule has 90 valence electrons. The maximum Gasteiger partial charge on any atom is 0.422 e. The predicted octanol–water partition coefficient (Wildman–Crippen LogP) is 3.65. The van der Waals surface area contributed by atoms with Gasteiger partial charge in [0.1, 0.15) is 5.75 Å². The van der Waals surface area contributed by atoms with Crippen LogP contribution in [0.5, 0.6) is 5.75 Å². The minimum absolute atomic E-state index is 0.658. The van der Waals surface area contributed by atoms with E-state index in [0.29, 0.717) is 6.07 Å². The van der Waals surface area contributed by atoms with E-state index in [-0.39, 0.29) is 0 Å². The van der Waals surface area contributed by atoms with Crippen molar-refractivity contribution in [2.24, 2.45) is 0 Å². The Morgan fingerprint density at radius 3 is 2.00 bits per heavy atom. The first kappa shape index (κ1) is 12.7. The zero-order chi connectivity index (χ0) is 12.4. The molecule has 1 aromatic carbocycles. The lowest BCUT2D eigenvalue weighted by Crippen LogP contribution is -2.20. The minimum Gasteiger partial charge on any atom is -0.483 e. The maximum absolute atomic E-state index is 12.3. The summed E-state index contributed by atoms with van der Waals surface area (Å²) in [5.74, 6) is -0.827. The van der Waals surface area contributed by atoms with Crippen molar-refractivity contribution in [2.75, 3.05) is 6.61 Å². The van der Waals surface area contributed by atoms with Crippen LogP contribution in [0.2, 0.25) is 0 Å². The zero-order valence-corrected chi connectivity index (χ0v) is 7.69. The second kappa shape index (κ2) is 4.23. The molecule has 0 aliphatic carbocycles. The van der Waals surface area contributed by atoms with Gasteiger partial charge < -0.3 is 4.74 Å². The molecule has 0 spiro atoms. The zero-order valence-electron chi connectivity index (χ0n) is 7.69. The van der Waals surface area contributed by atoms with Crippen molar-refractivity contribution in [2.45, 2.75) is 12.4 Å². The molecule has 0 unspecified atom stereocenters. The van der Waals surface area contributed by atoms with Crippen LogP contribution in [-0.2, 0) is 6.18 Å². The number of rotatable bonds is 2. The Morgan fingerprint density at radius 1 is 0.938 bits per heavy atom. The van der Waals surface area contributed by atoms with Crippen LogP contribution in [0, 0.1) is 0 Å². The molecule has 0 fully saturated rings. The second-order valence-electron chi connectivity index (χ2n) is 2.90. The molecule has 0 saturated heterocycles. The molecule has 16 heavy (non-hydrogen) atoms. The van der Waals surface area contributed by atoms with Crippen LogP contribution in [0.3, 0.4) is 0 Å². The van der Waals surface area contributed by atoms with Gasteiger partial charge in [-0.2, -0.15) is 26.3 Å². The fourth-order valence-corrected chi connectivity index (χ4v) is 0.986. The van der Waals surface area contributed by atoms with Gasteiger partial charge in [-0.3, -0.25) is 0 Å². The van der Waals surface area contributed by atoms with E-state index in [4.69, 9.17) is 0 Å². The Kier molecular flexibility index (Phi) is 3.35. The molecule has 0 aliphatic heterocycles. The number of halogens is 6. The number of hydrogen-bond acceptors (Lipinski definition) is 1. The highest BCUT2D eigenvalue weighted by Crippen LogP contribution is 2.36. The summed E-state index contributed by atoms with van der Waals surface area (Å²) in [7, 11) is 0. The molecular weight excluding hydrogens is 238 g/mol. The van der Waals surface area contributed by atoms with Crippen LogP contribution in [0.25, 0.3) is 0 Å². The molecule has 0 aliphatic rings. The third kappa shape index (κ3) is 3.63. The number of para-hydroxylation sites is 1. The monoisotopic (exact) mass is 244 g/mol. The van der Waals surface area contributed by atoms with Crippen molar-refractivity contribution in [1.29, 1.82) is 0 Å². The molecule has 0 N–H and O–H groups in total. The Morgan fingerprint density at radius 2 is 1.50 bits per heavy atom. The third-order valence-corrected chi connectivity index (χ3v) is 1.58. The van der Waals surface area contributed by atoms with Crippen molar-refractivity contribution in [3.8, 4) is 5.75 Å². The van der Waals surface area contributed by atoms with Crippen LogP contribution in [0.15, 0.2) is 24.3 Å². The van der Waals surface area contributed by atoms with Gasteiger partial charge in [0.05, 0.1) is 5.56 Å². The first-order chi connectivity index (χ1) is 7.20. The average molecular weight is 244 g/mol. The third-order valence-electron chi connectivity index (χ3n) is 1.58. The SMILES string of the molecule is FC(F)(F)COc1ccccc1C(F)(F)F. The lowest BCUT2D eigenvalue weighted by molar-refractivity contribution is -0.158. The van der Waals surface area contributed by atoms with Crippen molar-refractivity contribution in [3.63, 3.8) is 0 Å². The van der Waals surface area contributed by atoms with Gasteiger partial charge in [-0.25, -0.2) is 0 Å². The van der Waals surface area contributed by atoms with Gasteiger partial charge in [0.15, 0.2) is 6.61 Å². The second-order valence-corrected chi connectivity index (χ2v) is 2.90. The van der Waals surface area contributed by atoms with Gasteiger partial charge in [0.2, 0.25) is 0 Å². The van der Waals surface area contributed by atoms with E-state index in [1.807, 2.05) is 0 Å². The highest BCUT2D eigenvalue weighted by Gasteiger charge is 2.35. The van der Waals surface area contributed by atoms with Gasteiger partial charge in [-0.15, -0.1) is 0 Å². The quantitative estimate of drug-likeness (QED) is 0.721. The minimum atomic E-state index is -4.73. The average Bonchev–Trinajstić information content (AvgIpc) is 2.12. The van der Waals surface area contributed by atoms with Gasteiger partial charge in [-0.05, 0) is 12.1 Å². The maximum atomic E-state index is 12.3. The fraction of sp³-hybridized carbons (Fsp3) is 0.333. The van der Waals surface area contributed by atoms with Gasteiger partial charge in [0.25, 0.3) is 0 Å². The van der Waals surface area contributed by atoms with Crippen molar-refractivity contribution in [1.82, 2.24) is 0 Å². The first-order valence-electron chi connectivity index (χ1n) is 4.06. The summed E-state index contributed by atoms with van der Waals surface area (Å²) in [5.41, 5.74) is -1.22. The molecule has 7 heteroatoms. The van der Waals surface area contributed by atoms with Gasteiger partial charge >= 0.3 is 12.4 Å². The van der Waals surface area contributed by atoms with Crippen molar-refractivity contribution >= 4 is 0 Å². The smallest absolute Gasteiger partial charge is 0.422 e. The summed E-state index contributed by atoms with van der Waals surface area (Å²) in [4.78, 5) is 0. The molecule has 0 heterocycles. The molecule has 0 atom stereocenters. The van der Waals surface area contributed by atoms with Crippen LogP contribution in [0.1, 0.15) is 5.56 Å². The topological polar surface area (TPSA) is 9.23 Å². The molecule has 1 rings (SSSR count). The standard InChI is InChI=1S/C9H6F6O/c10-8(11,12)5-16-7-4-2-1-3-6(7)9(13,14)15/h1-4H,5H2. The number of ether oxygens (including phenoxy) is 1. The predicted molar refractivity (Wildman–Crippen MR) is 43.0 cm³/mol. The van der Waals surface area contributed by atoms with Gasteiger partial charge in [-0.1, -0.05) is 12.1 Å².